The van der Waals surface area contributed by atoms with Gasteiger partial charge in [-0.1, -0.05) is 54.6 Å². The number of hydrazine groups is 1. The van der Waals surface area contributed by atoms with Crippen LogP contribution in [0, 0.1) is 0 Å². The van der Waals surface area contributed by atoms with Crippen LogP contribution in [-0.4, -0.2) is 60.4 Å². The topological polar surface area (TPSA) is 33.8 Å². The van der Waals surface area contributed by atoms with E-state index >= 15 is 0 Å². The van der Waals surface area contributed by atoms with Crippen molar-refractivity contribution in [3.8, 4) is 0 Å². The molecule has 0 aromatic heterocycles. The van der Waals surface area contributed by atoms with Crippen molar-refractivity contribution in [2.75, 3.05) is 31.1 Å². The maximum atomic E-state index is 3.69. The van der Waals surface area contributed by atoms with Crippen molar-refractivity contribution < 1.29 is 0 Å². The smallest absolute Gasteiger partial charge is 0.0596 e. The first-order chi connectivity index (χ1) is 17.8. The Morgan fingerprint density at radius 2 is 1.44 bits per heavy atom. The van der Waals surface area contributed by atoms with Crippen LogP contribution in [0.15, 0.2) is 72.9 Å². The SMILES string of the molecule is C1=CN(N2CC3CCC(C2)N3)Cc2ccccc21.c1ccc2cc(N3C4CCC3CNC4)ccc2c1. The van der Waals surface area contributed by atoms with Crippen LogP contribution in [0.3, 0.4) is 0 Å². The van der Waals surface area contributed by atoms with E-state index in [4.69, 9.17) is 0 Å². The molecule has 3 aromatic rings. The molecule has 0 radical (unpaired) electrons. The average Bonchev–Trinajstić information content (AvgIpc) is 3.40. The van der Waals surface area contributed by atoms with Gasteiger partial charge in [-0.25, -0.2) is 5.01 Å². The summed E-state index contributed by atoms with van der Waals surface area (Å²) in [6.45, 7) is 5.62. The molecular weight excluding hydrogens is 442 g/mol. The van der Waals surface area contributed by atoms with Crippen molar-refractivity contribution in [1.82, 2.24) is 20.7 Å². The van der Waals surface area contributed by atoms with E-state index in [1.165, 1.54) is 53.3 Å². The number of hydrogen-bond acceptors (Lipinski definition) is 5. The fraction of sp³-hybridized carbons (Fsp3) is 0.419. The minimum Gasteiger partial charge on any atom is -0.363 e. The summed E-state index contributed by atoms with van der Waals surface area (Å²) in [6, 6.07) is 27.0. The molecule has 5 heteroatoms. The third kappa shape index (κ3) is 4.30. The van der Waals surface area contributed by atoms with Crippen molar-refractivity contribution in [3.05, 3.63) is 84.1 Å². The summed E-state index contributed by atoms with van der Waals surface area (Å²) in [4.78, 5) is 2.64. The molecule has 5 aliphatic rings. The van der Waals surface area contributed by atoms with Crippen molar-refractivity contribution in [3.63, 3.8) is 0 Å². The lowest BCUT2D eigenvalue weighted by molar-refractivity contribution is -0.0137. The summed E-state index contributed by atoms with van der Waals surface area (Å²) in [7, 11) is 0. The first-order valence-corrected chi connectivity index (χ1v) is 13.8. The summed E-state index contributed by atoms with van der Waals surface area (Å²) in [5.41, 5.74) is 4.21. The Morgan fingerprint density at radius 3 is 2.25 bits per heavy atom. The quantitative estimate of drug-likeness (QED) is 0.561. The Bertz CT molecular complexity index is 1230. The van der Waals surface area contributed by atoms with Crippen molar-refractivity contribution in [2.24, 2.45) is 0 Å². The summed E-state index contributed by atoms with van der Waals surface area (Å²) < 4.78 is 0. The molecule has 186 valence electrons. The Labute approximate surface area is 214 Å². The van der Waals surface area contributed by atoms with Crippen LogP contribution in [-0.2, 0) is 6.54 Å². The lowest BCUT2D eigenvalue weighted by Crippen LogP contribution is -2.55. The summed E-state index contributed by atoms with van der Waals surface area (Å²) in [6.07, 6.45) is 9.84. The van der Waals surface area contributed by atoms with E-state index in [0.29, 0.717) is 24.2 Å². The van der Waals surface area contributed by atoms with Crippen LogP contribution >= 0.6 is 0 Å². The summed E-state index contributed by atoms with van der Waals surface area (Å²) >= 11 is 0. The van der Waals surface area contributed by atoms with Gasteiger partial charge in [-0.3, -0.25) is 0 Å². The van der Waals surface area contributed by atoms with Crippen LogP contribution in [0.25, 0.3) is 16.8 Å². The van der Waals surface area contributed by atoms with Gasteiger partial charge >= 0.3 is 0 Å². The zero-order valence-electron chi connectivity index (χ0n) is 21.0. The van der Waals surface area contributed by atoms with Gasteiger partial charge in [-0.05, 0) is 65.8 Å². The maximum Gasteiger partial charge on any atom is 0.0596 e. The Hall–Kier alpha value is -2.86. The second-order valence-electron chi connectivity index (χ2n) is 11.1. The predicted molar refractivity (Wildman–Crippen MR) is 149 cm³/mol. The molecule has 36 heavy (non-hydrogen) atoms. The summed E-state index contributed by atoms with van der Waals surface area (Å²) in [5, 5.41) is 14.8. The van der Waals surface area contributed by atoms with Crippen LogP contribution in [0.4, 0.5) is 5.69 Å². The molecule has 0 aliphatic carbocycles. The zero-order chi connectivity index (χ0) is 23.9. The fourth-order valence-electron chi connectivity index (χ4n) is 6.95. The molecule has 0 spiro atoms. The Morgan fingerprint density at radius 1 is 0.722 bits per heavy atom. The van der Waals surface area contributed by atoms with E-state index < -0.39 is 0 Å². The fourth-order valence-corrected chi connectivity index (χ4v) is 6.95. The van der Waals surface area contributed by atoms with Gasteiger partial charge in [0.25, 0.3) is 0 Å². The van der Waals surface area contributed by atoms with E-state index in [-0.39, 0.29) is 0 Å². The molecule has 0 amide bonds. The largest absolute Gasteiger partial charge is 0.363 e. The highest BCUT2D eigenvalue weighted by Gasteiger charge is 2.36. The first-order valence-electron chi connectivity index (χ1n) is 13.8. The number of fused-ring (bicyclic) bond motifs is 6. The molecule has 8 rings (SSSR count). The third-order valence-electron chi connectivity index (χ3n) is 8.79. The lowest BCUT2D eigenvalue weighted by atomic mass is 10.1. The van der Waals surface area contributed by atoms with Crippen LogP contribution in [0.2, 0.25) is 0 Å². The van der Waals surface area contributed by atoms with Crippen molar-refractivity contribution in [2.45, 2.75) is 56.4 Å². The highest BCUT2D eigenvalue weighted by Crippen LogP contribution is 2.34. The standard InChI is InChI=1S/C16H18N2.C15H19N3/c1-2-4-13-9-14(6-5-12(13)3-1)18-15-7-8-16(18)11-17-10-15;1-2-4-13-9-17(8-7-12(13)3-1)18-10-14-5-6-15(11-18)16-14/h1-6,9,15-17H,7-8,10-11H2;1-4,7-8,14-16H,5-6,9-11H2. The van der Waals surface area contributed by atoms with Gasteiger partial charge in [-0.15, -0.1) is 0 Å². The molecule has 4 saturated heterocycles. The number of nitrogens with zero attached hydrogens (tertiary/aromatic N) is 3. The molecule has 3 aromatic carbocycles. The van der Waals surface area contributed by atoms with Gasteiger partial charge in [0, 0.05) is 62.2 Å². The molecule has 4 fully saturated rings. The van der Waals surface area contributed by atoms with Crippen molar-refractivity contribution in [1.29, 1.82) is 0 Å². The molecule has 5 nitrogen and oxygen atoms in total. The molecule has 5 heterocycles. The average molecular weight is 480 g/mol. The lowest BCUT2D eigenvalue weighted by Gasteiger charge is -2.41. The number of piperazine rings is 2. The second-order valence-corrected chi connectivity index (χ2v) is 11.1. The molecule has 0 saturated carbocycles. The second kappa shape index (κ2) is 9.55. The first kappa shape index (κ1) is 22.3. The van der Waals surface area contributed by atoms with E-state index in [9.17, 15) is 0 Å². The molecule has 2 N–H and O–H groups in total. The monoisotopic (exact) mass is 479 g/mol. The molecule has 5 aliphatic heterocycles. The van der Waals surface area contributed by atoms with E-state index in [1.54, 1.807) is 0 Å². The van der Waals surface area contributed by atoms with Gasteiger partial charge in [-0.2, -0.15) is 0 Å². The summed E-state index contributed by atoms with van der Waals surface area (Å²) in [5.74, 6) is 0. The number of hydrogen-bond donors (Lipinski definition) is 2. The van der Waals surface area contributed by atoms with Crippen LogP contribution in [0.1, 0.15) is 36.8 Å². The van der Waals surface area contributed by atoms with Gasteiger partial charge < -0.3 is 20.5 Å². The molecule has 4 bridgehead atoms. The normalized spacial score (nSPS) is 28.7. The maximum absolute atomic E-state index is 3.69. The van der Waals surface area contributed by atoms with Crippen LogP contribution < -0.4 is 15.5 Å². The predicted octanol–water partition coefficient (Wildman–Crippen LogP) is 4.60. The van der Waals surface area contributed by atoms with Gasteiger partial charge in [0.05, 0.1) is 6.54 Å². The highest BCUT2D eigenvalue weighted by atomic mass is 15.6. The van der Waals surface area contributed by atoms with E-state index in [1.807, 2.05) is 0 Å². The van der Waals surface area contributed by atoms with E-state index in [2.05, 4.69) is 105 Å². The minimum atomic E-state index is 0.699. The third-order valence-corrected chi connectivity index (χ3v) is 8.79. The number of nitrogens with one attached hydrogen (secondary N) is 2. The molecule has 4 unspecified atom stereocenters. The molecular formula is C31H37N5. The minimum absolute atomic E-state index is 0.699. The number of anilines is 1. The Balaban J connectivity index is 0.000000122. The Kier molecular flexibility index (Phi) is 5.93. The number of rotatable bonds is 2. The van der Waals surface area contributed by atoms with Crippen LogP contribution in [0.5, 0.6) is 0 Å². The van der Waals surface area contributed by atoms with E-state index in [0.717, 1.165) is 32.7 Å². The van der Waals surface area contributed by atoms with Gasteiger partial charge in [0.15, 0.2) is 0 Å². The van der Waals surface area contributed by atoms with Gasteiger partial charge in [0.1, 0.15) is 0 Å². The zero-order valence-corrected chi connectivity index (χ0v) is 21.0. The molecule has 4 atom stereocenters. The van der Waals surface area contributed by atoms with Gasteiger partial charge in [0.2, 0.25) is 0 Å². The van der Waals surface area contributed by atoms with Crippen molar-refractivity contribution >= 4 is 22.5 Å². The number of benzene rings is 3. The highest BCUT2D eigenvalue weighted by molar-refractivity contribution is 5.86.